The molecule has 15 heavy (non-hydrogen) atoms. The minimum atomic E-state index is -0.437. The highest BCUT2D eigenvalue weighted by molar-refractivity contribution is 8.14. The van der Waals surface area contributed by atoms with E-state index in [0.29, 0.717) is 5.70 Å². The zero-order valence-corrected chi connectivity index (χ0v) is 8.96. The van der Waals surface area contributed by atoms with Crippen molar-refractivity contribution in [3.8, 4) is 0 Å². The molecule has 0 spiro atoms. The maximum Gasteiger partial charge on any atom is 0.355 e. The summed E-state index contributed by atoms with van der Waals surface area (Å²) in [6.45, 7) is 4.46. The van der Waals surface area contributed by atoms with E-state index in [1.165, 1.54) is 23.9 Å². The van der Waals surface area contributed by atoms with Crippen LogP contribution in [0.4, 0.5) is 0 Å². The van der Waals surface area contributed by atoms with Gasteiger partial charge in [0, 0.05) is 12.6 Å². The van der Waals surface area contributed by atoms with Crippen LogP contribution in [0, 0.1) is 0 Å². The molecular weight excluding hydrogens is 214 g/mol. The van der Waals surface area contributed by atoms with Gasteiger partial charge < -0.3 is 9.64 Å². The Hall–Kier alpha value is -1.23. The summed E-state index contributed by atoms with van der Waals surface area (Å²) in [5.74, 6) is -0.437. The Labute approximate surface area is 92.0 Å². The van der Waals surface area contributed by atoms with E-state index in [9.17, 15) is 9.59 Å². The van der Waals surface area contributed by atoms with Crippen LogP contribution in [0.3, 0.4) is 0 Å². The minimum absolute atomic E-state index is 0.0681. The summed E-state index contributed by atoms with van der Waals surface area (Å²) in [4.78, 5) is 24.7. The quantitative estimate of drug-likeness (QED) is 0.527. The monoisotopic (exact) mass is 225 g/mol. The standard InChI is InChI=1S/C10H11NO3S/c1-2-5-14-10(13)7-6-9(12)15-8-3-4-11(7)8/h2,6,8H,1,3-5H2. The number of fused-ring (bicyclic) bond motifs is 1. The van der Waals surface area contributed by atoms with E-state index in [1.807, 2.05) is 4.90 Å². The van der Waals surface area contributed by atoms with Crippen molar-refractivity contribution in [2.24, 2.45) is 0 Å². The van der Waals surface area contributed by atoms with Crippen molar-refractivity contribution in [1.29, 1.82) is 0 Å². The topological polar surface area (TPSA) is 46.6 Å². The van der Waals surface area contributed by atoms with Gasteiger partial charge in [-0.15, -0.1) is 0 Å². The zero-order chi connectivity index (χ0) is 10.8. The molecule has 1 atom stereocenters. The van der Waals surface area contributed by atoms with Crippen LogP contribution in [0.1, 0.15) is 6.42 Å². The van der Waals surface area contributed by atoms with Crippen LogP contribution in [-0.2, 0) is 14.3 Å². The number of hydrogen-bond acceptors (Lipinski definition) is 5. The first-order valence-electron chi connectivity index (χ1n) is 4.69. The molecule has 0 aliphatic carbocycles. The average molecular weight is 225 g/mol. The van der Waals surface area contributed by atoms with Gasteiger partial charge in [0.25, 0.3) is 0 Å². The molecule has 0 aromatic rings. The molecule has 2 aliphatic heterocycles. The molecule has 1 saturated heterocycles. The van der Waals surface area contributed by atoms with Gasteiger partial charge in [-0.1, -0.05) is 24.4 Å². The van der Waals surface area contributed by atoms with Gasteiger partial charge in [-0.2, -0.15) is 0 Å². The van der Waals surface area contributed by atoms with Gasteiger partial charge in [0.2, 0.25) is 5.12 Å². The first-order valence-corrected chi connectivity index (χ1v) is 5.57. The van der Waals surface area contributed by atoms with Gasteiger partial charge in [0.15, 0.2) is 0 Å². The summed E-state index contributed by atoms with van der Waals surface area (Å²) in [5.41, 5.74) is 0.386. The molecule has 5 heteroatoms. The fourth-order valence-corrected chi connectivity index (χ4v) is 2.53. The summed E-state index contributed by atoms with van der Waals surface area (Å²) in [6, 6.07) is 0. The Balaban J connectivity index is 2.08. The number of nitrogens with zero attached hydrogens (tertiary/aromatic N) is 1. The lowest BCUT2D eigenvalue weighted by Gasteiger charge is -2.44. The van der Waals surface area contributed by atoms with Crippen molar-refractivity contribution in [2.45, 2.75) is 11.8 Å². The smallest absolute Gasteiger partial charge is 0.355 e. The maximum atomic E-state index is 11.6. The van der Waals surface area contributed by atoms with Crippen LogP contribution in [-0.4, -0.2) is 34.5 Å². The molecule has 0 bridgehead atoms. The third kappa shape index (κ3) is 1.92. The van der Waals surface area contributed by atoms with Crippen molar-refractivity contribution in [2.75, 3.05) is 13.2 Å². The summed E-state index contributed by atoms with van der Waals surface area (Å²) in [6.07, 6.45) is 3.81. The largest absolute Gasteiger partial charge is 0.457 e. The fourth-order valence-electron chi connectivity index (χ4n) is 1.51. The Kier molecular flexibility index (Phi) is 2.81. The van der Waals surface area contributed by atoms with Gasteiger partial charge in [0.1, 0.15) is 12.3 Å². The van der Waals surface area contributed by atoms with E-state index in [1.54, 1.807) is 0 Å². The SMILES string of the molecule is C=CCOC(=O)C1=CC(=O)SC2CCN12. The number of carbonyl (C=O) groups is 2. The van der Waals surface area contributed by atoms with Crippen molar-refractivity contribution in [3.05, 3.63) is 24.4 Å². The van der Waals surface area contributed by atoms with Gasteiger partial charge in [-0.05, 0) is 6.42 Å². The fraction of sp³-hybridized carbons (Fsp3) is 0.400. The highest BCUT2D eigenvalue weighted by Gasteiger charge is 2.38. The molecule has 80 valence electrons. The van der Waals surface area contributed by atoms with Gasteiger partial charge >= 0.3 is 5.97 Å². The molecule has 0 aromatic carbocycles. The molecule has 1 fully saturated rings. The molecule has 0 N–H and O–H groups in total. The lowest BCUT2D eigenvalue weighted by Crippen LogP contribution is -2.49. The molecule has 1 unspecified atom stereocenters. The first-order chi connectivity index (χ1) is 7.22. The highest BCUT2D eigenvalue weighted by Crippen LogP contribution is 2.36. The molecule has 0 aromatic heterocycles. The molecule has 4 nitrogen and oxygen atoms in total. The van der Waals surface area contributed by atoms with E-state index >= 15 is 0 Å². The molecule has 0 radical (unpaired) electrons. The Morgan fingerprint density at radius 3 is 3.20 bits per heavy atom. The van der Waals surface area contributed by atoms with Crippen LogP contribution in [0.25, 0.3) is 0 Å². The molecule has 2 aliphatic rings. The summed E-state index contributed by atoms with van der Waals surface area (Å²) in [5, 5.41) is 0.0651. The molecule has 2 heterocycles. The first kappa shape index (κ1) is 10.3. The van der Waals surface area contributed by atoms with E-state index in [0.717, 1.165) is 13.0 Å². The average Bonchev–Trinajstić information content (AvgIpc) is 2.18. The Morgan fingerprint density at radius 1 is 1.80 bits per heavy atom. The van der Waals surface area contributed by atoms with E-state index in [2.05, 4.69) is 6.58 Å². The number of hydrogen-bond donors (Lipinski definition) is 0. The second-order valence-electron chi connectivity index (χ2n) is 3.29. The van der Waals surface area contributed by atoms with Crippen LogP contribution >= 0.6 is 11.8 Å². The molecule has 0 amide bonds. The van der Waals surface area contributed by atoms with E-state index in [4.69, 9.17) is 4.74 Å². The third-order valence-electron chi connectivity index (χ3n) is 2.32. The second-order valence-corrected chi connectivity index (χ2v) is 4.47. The molecular formula is C10H11NO3S. The molecule has 2 rings (SSSR count). The van der Waals surface area contributed by atoms with Crippen LogP contribution in [0.5, 0.6) is 0 Å². The summed E-state index contributed by atoms with van der Waals surface area (Å²) in [7, 11) is 0. The second kappa shape index (κ2) is 4.10. The summed E-state index contributed by atoms with van der Waals surface area (Å²) >= 11 is 1.26. The van der Waals surface area contributed by atoms with Crippen molar-refractivity contribution in [1.82, 2.24) is 4.90 Å². The van der Waals surface area contributed by atoms with Gasteiger partial charge in [-0.25, -0.2) is 4.79 Å². The normalized spacial score (nSPS) is 23.7. The third-order valence-corrected chi connectivity index (χ3v) is 3.43. The number of carbonyl (C=O) groups excluding carboxylic acids is 2. The maximum absolute atomic E-state index is 11.6. The van der Waals surface area contributed by atoms with Crippen molar-refractivity contribution >= 4 is 22.8 Å². The predicted octanol–water partition coefficient (Wildman–Crippen LogP) is 0.905. The lowest BCUT2D eigenvalue weighted by molar-refractivity contribution is -0.140. The van der Waals surface area contributed by atoms with Crippen molar-refractivity contribution < 1.29 is 14.3 Å². The van der Waals surface area contributed by atoms with Crippen LogP contribution in [0.15, 0.2) is 24.4 Å². The highest BCUT2D eigenvalue weighted by atomic mass is 32.2. The zero-order valence-electron chi connectivity index (χ0n) is 8.14. The Morgan fingerprint density at radius 2 is 2.60 bits per heavy atom. The number of esters is 1. The minimum Gasteiger partial charge on any atom is -0.457 e. The van der Waals surface area contributed by atoms with Crippen LogP contribution in [0.2, 0.25) is 0 Å². The predicted molar refractivity (Wildman–Crippen MR) is 56.9 cm³/mol. The number of ether oxygens (including phenoxy) is 1. The van der Waals surface area contributed by atoms with Gasteiger partial charge in [-0.3, -0.25) is 4.79 Å². The lowest BCUT2D eigenvalue weighted by atomic mass is 10.2. The summed E-state index contributed by atoms with van der Waals surface area (Å²) < 4.78 is 4.90. The van der Waals surface area contributed by atoms with E-state index < -0.39 is 5.97 Å². The van der Waals surface area contributed by atoms with Gasteiger partial charge in [0.05, 0.1) is 5.37 Å². The Bertz CT molecular complexity index is 351. The van der Waals surface area contributed by atoms with E-state index in [-0.39, 0.29) is 17.1 Å². The van der Waals surface area contributed by atoms with Crippen molar-refractivity contribution in [3.63, 3.8) is 0 Å². The number of thioether (sulfide) groups is 1. The van der Waals surface area contributed by atoms with Crippen LogP contribution < -0.4 is 0 Å². The molecule has 0 saturated carbocycles. The number of rotatable bonds is 3.